The molecule has 0 atom stereocenters. The van der Waals surface area contributed by atoms with Gasteiger partial charge < -0.3 is 14.8 Å². The number of nitrogens with one attached hydrogen (secondary N) is 1. The van der Waals surface area contributed by atoms with Crippen LogP contribution in [0.5, 0.6) is 0 Å². The first-order valence-corrected chi connectivity index (χ1v) is 7.09. The van der Waals surface area contributed by atoms with Crippen molar-refractivity contribution in [3.8, 4) is 0 Å². The molecule has 1 N–H and O–H groups in total. The smallest absolute Gasteiger partial charge is 0.224 e. The zero-order chi connectivity index (χ0) is 13.9. The number of amides is 1. The minimum atomic E-state index is 0.0409. The summed E-state index contributed by atoms with van der Waals surface area (Å²) in [6.07, 6.45) is 1.23. The molecule has 19 heavy (non-hydrogen) atoms. The number of carbonyl (C=O) groups is 1. The average Bonchev–Trinajstić information content (AvgIpc) is 2.40. The van der Waals surface area contributed by atoms with E-state index in [1.807, 2.05) is 24.3 Å². The van der Waals surface area contributed by atoms with E-state index >= 15 is 0 Å². The predicted octanol–water partition coefficient (Wildman–Crippen LogP) is 2.16. The monoisotopic (exact) mass is 329 g/mol. The fourth-order valence-electron chi connectivity index (χ4n) is 1.50. The number of methoxy groups -OCH3 is 1. The second kappa shape index (κ2) is 9.95. The van der Waals surface area contributed by atoms with E-state index < -0.39 is 0 Å². The zero-order valence-corrected chi connectivity index (χ0v) is 12.7. The topological polar surface area (TPSA) is 47.6 Å². The third kappa shape index (κ3) is 7.97. The lowest BCUT2D eigenvalue weighted by Gasteiger charge is -2.06. The molecule has 5 heteroatoms. The van der Waals surface area contributed by atoms with Gasteiger partial charge in [0.25, 0.3) is 0 Å². The molecule has 1 aromatic carbocycles. The van der Waals surface area contributed by atoms with Crippen molar-refractivity contribution in [1.29, 1.82) is 0 Å². The van der Waals surface area contributed by atoms with Gasteiger partial charge in [0.15, 0.2) is 0 Å². The van der Waals surface area contributed by atoms with Crippen LogP contribution < -0.4 is 5.32 Å². The molecule has 0 saturated heterocycles. The van der Waals surface area contributed by atoms with E-state index in [-0.39, 0.29) is 5.91 Å². The van der Waals surface area contributed by atoms with Crippen LogP contribution >= 0.6 is 15.9 Å². The van der Waals surface area contributed by atoms with Crippen molar-refractivity contribution < 1.29 is 14.3 Å². The molecule has 0 radical (unpaired) electrons. The average molecular weight is 330 g/mol. The summed E-state index contributed by atoms with van der Waals surface area (Å²) < 4.78 is 11.2. The molecule has 0 aliphatic carbocycles. The summed E-state index contributed by atoms with van der Waals surface area (Å²) in [5.74, 6) is 0.0409. The molecule has 0 aromatic heterocycles. The molecular weight excluding hydrogens is 310 g/mol. The Morgan fingerprint density at radius 3 is 2.63 bits per heavy atom. The van der Waals surface area contributed by atoms with Crippen molar-refractivity contribution >= 4 is 21.8 Å². The molecule has 0 bridgehead atoms. The number of benzene rings is 1. The van der Waals surface area contributed by atoms with E-state index in [9.17, 15) is 4.79 Å². The van der Waals surface area contributed by atoms with Gasteiger partial charge in [0.2, 0.25) is 5.91 Å². The number of hydrogen-bond acceptors (Lipinski definition) is 3. The molecule has 1 rings (SSSR count). The number of ether oxygens (including phenoxy) is 2. The van der Waals surface area contributed by atoms with Gasteiger partial charge in [-0.05, 0) is 24.1 Å². The van der Waals surface area contributed by atoms with Gasteiger partial charge in [-0.3, -0.25) is 4.79 Å². The molecule has 106 valence electrons. The molecule has 0 aliphatic rings. The maximum atomic E-state index is 11.6. The highest BCUT2D eigenvalue weighted by Gasteiger charge is 2.02. The number of carbonyl (C=O) groups excluding carboxylic acids is 1. The van der Waals surface area contributed by atoms with E-state index in [2.05, 4.69) is 21.2 Å². The molecule has 1 amide bonds. The Hall–Kier alpha value is -0.910. The first-order valence-electron chi connectivity index (χ1n) is 6.30. The molecule has 0 unspecified atom stereocenters. The fourth-order valence-corrected chi connectivity index (χ4v) is 1.76. The highest BCUT2D eigenvalue weighted by molar-refractivity contribution is 9.10. The van der Waals surface area contributed by atoms with Crippen LogP contribution in [0.15, 0.2) is 28.7 Å². The molecule has 0 spiro atoms. The summed E-state index contributed by atoms with van der Waals surface area (Å²) in [4.78, 5) is 11.6. The SMILES string of the molecule is COCCOCCCNC(=O)Cc1ccc(Br)cc1. The number of rotatable bonds is 9. The Kier molecular flexibility index (Phi) is 8.45. The molecule has 0 fully saturated rings. The lowest BCUT2D eigenvalue weighted by atomic mass is 10.1. The first-order chi connectivity index (χ1) is 9.22. The molecule has 0 aliphatic heterocycles. The van der Waals surface area contributed by atoms with E-state index in [1.54, 1.807) is 7.11 Å². The van der Waals surface area contributed by atoms with Crippen LogP contribution in [0.3, 0.4) is 0 Å². The summed E-state index contributed by atoms with van der Waals surface area (Å²) in [5.41, 5.74) is 1.01. The van der Waals surface area contributed by atoms with Crippen LogP contribution in [0.4, 0.5) is 0 Å². The third-order valence-corrected chi connectivity index (χ3v) is 3.03. The lowest BCUT2D eigenvalue weighted by molar-refractivity contribution is -0.120. The number of hydrogen-bond donors (Lipinski definition) is 1. The largest absolute Gasteiger partial charge is 0.382 e. The highest BCUT2D eigenvalue weighted by Crippen LogP contribution is 2.10. The molecular formula is C14H20BrNO3. The van der Waals surface area contributed by atoms with E-state index in [1.165, 1.54) is 0 Å². The van der Waals surface area contributed by atoms with Crippen LogP contribution in [0, 0.1) is 0 Å². The van der Waals surface area contributed by atoms with Crippen molar-refractivity contribution in [2.75, 3.05) is 33.5 Å². The Morgan fingerprint density at radius 1 is 1.21 bits per heavy atom. The second-order valence-corrected chi connectivity index (χ2v) is 5.03. The maximum absolute atomic E-state index is 11.6. The van der Waals surface area contributed by atoms with Gasteiger partial charge in [0, 0.05) is 24.7 Å². The van der Waals surface area contributed by atoms with Gasteiger partial charge in [0.05, 0.1) is 19.6 Å². The van der Waals surface area contributed by atoms with Crippen molar-refractivity contribution in [1.82, 2.24) is 5.32 Å². The molecule has 0 heterocycles. The van der Waals surface area contributed by atoms with Gasteiger partial charge in [-0.2, -0.15) is 0 Å². The van der Waals surface area contributed by atoms with Crippen molar-refractivity contribution in [2.24, 2.45) is 0 Å². The molecule has 4 nitrogen and oxygen atoms in total. The Balaban J connectivity index is 2.06. The van der Waals surface area contributed by atoms with E-state index in [0.29, 0.717) is 32.8 Å². The number of halogens is 1. The lowest BCUT2D eigenvalue weighted by Crippen LogP contribution is -2.26. The van der Waals surface area contributed by atoms with Crippen LogP contribution in [0.2, 0.25) is 0 Å². The normalized spacial score (nSPS) is 10.4. The van der Waals surface area contributed by atoms with E-state index in [4.69, 9.17) is 9.47 Å². The van der Waals surface area contributed by atoms with Gasteiger partial charge in [-0.25, -0.2) is 0 Å². The second-order valence-electron chi connectivity index (χ2n) is 4.11. The third-order valence-electron chi connectivity index (χ3n) is 2.50. The standard InChI is InChI=1S/C14H20BrNO3/c1-18-9-10-19-8-2-7-16-14(17)11-12-3-5-13(15)6-4-12/h3-6H,2,7-11H2,1H3,(H,16,17). The Morgan fingerprint density at radius 2 is 1.95 bits per heavy atom. The molecule has 1 aromatic rings. The van der Waals surface area contributed by atoms with Gasteiger partial charge in [-0.1, -0.05) is 28.1 Å². The van der Waals surface area contributed by atoms with Gasteiger partial charge in [0.1, 0.15) is 0 Å². The summed E-state index contributed by atoms with van der Waals surface area (Å²) in [7, 11) is 1.64. The summed E-state index contributed by atoms with van der Waals surface area (Å²) in [6.45, 7) is 2.49. The highest BCUT2D eigenvalue weighted by atomic mass is 79.9. The van der Waals surface area contributed by atoms with Crippen molar-refractivity contribution in [3.63, 3.8) is 0 Å². The first kappa shape index (κ1) is 16.1. The van der Waals surface area contributed by atoms with Crippen LogP contribution in [-0.4, -0.2) is 39.4 Å². The van der Waals surface area contributed by atoms with Crippen molar-refractivity contribution in [2.45, 2.75) is 12.8 Å². The Bertz CT molecular complexity index is 367. The van der Waals surface area contributed by atoms with Crippen LogP contribution in [0.1, 0.15) is 12.0 Å². The fraction of sp³-hybridized carbons (Fsp3) is 0.500. The summed E-state index contributed by atoms with van der Waals surface area (Å²) >= 11 is 3.37. The molecule has 0 saturated carbocycles. The van der Waals surface area contributed by atoms with Crippen LogP contribution in [-0.2, 0) is 20.7 Å². The summed E-state index contributed by atoms with van der Waals surface area (Å²) in [6, 6.07) is 7.76. The Labute approximate surface area is 122 Å². The summed E-state index contributed by atoms with van der Waals surface area (Å²) in [5, 5.41) is 2.87. The van der Waals surface area contributed by atoms with Gasteiger partial charge >= 0.3 is 0 Å². The van der Waals surface area contributed by atoms with Crippen LogP contribution in [0.25, 0.3) is 0 Å². The minimum Gasteiger partial charge on any atom is -0.382 e. The predicted molar refractivity (Wildman–Crippen MR) is 78.2 cm³/mol. The minimum absolute atomic E-state index is 0.0409. The zero-order valence-electron chi connectivity index (χ0n) is 11.2. The van der Waals surface area contributed by atoms with E-state index in [0.717, 1.165) is 16.5 Å². The maximum Gasteiger partial charge on any atom is 0.224 e. The quantitative estimate of drug-likeness (QED) is 0.706. The van der Waals surface area contributed by atoms with Crippen molar-refractivity contribution in [3.05, 3.63) is 34.3 Å². The van der Waals surface area contributed by atoms with Gasteiger partial charge in [-0.15, -0.1) is 0 Å².